The van der Waals surface area contributed by atoms with E-state index in [9.17, 15) is 0 Å². The van der Waals surface area contributed by atoms with Gasteiger partial charge in [-0.05, 0) is 91.2 Å². The molecule has 2 aliphatic rings. The quantitative estimate of drug-likeness (QED) is 0.173. The largest absolute Gasteiger partial charge is 0.455 e. The Kier molecular flexibility index (Phi) is 7.36. The van der Waals surface area contributed by atoms with Gasteiger partial charge >= 0.3 is 0 Å². The van der Waals surface area contributed by atoms with Crippen molar-refractivity contribution < 1.29 is 4.42 Å². The number of anilines is 3. The fraction of sp³-hybridized carbons (Fsp3) is 0.103. The van der Waals surface area contributed by atoms with Gasteiger partial charge in [0.2, 0.25) is 0 Å². The smallest absolute Gasteiger partial charge is 0.143 e. The van der Waals surface area contributed by atoms with E-state index in [-0.39, 0.29) is 10.8 Å². The van der Waals surface area contributed by atoms with Crippen molar-refractivity contribution in [3.63, 3.8) is 0 Å². The molecule has 0 radical (unpaired) electrons. The lowest BCUT2D eigenvalue weighted by molar-refractivity contribution is 0.660. The van der Waals surface area contributed by atoms with Crippen molar-refractivity contribution in [3.8, 4) is 44.5 Å². The maximum atomic E-state index is 6.54. The van der Waals surface area contributed by atoms with E-state index >= 15 is 0 Å². The van der Waals surface area contributed by atoms with Crippen LogP contribution < -0.4 is 4.90 Å². The molecule has 0 bridgehead atoms. The summed E-state index contributed by atoms with van der Waals surface area (Å²) >= 11 is 0. The molecule has 286 valence electrons. The predicted octanol–water partition coefficient (Wildman–Crippen LogP) is 16.2. The summed E-state index contributed by atoms with van der Waals surface area (Å²) in [6.45, 7) is 9.56. The third-order valence-electron chi connectivity index (χ3n) is 13.6. The van der Waals surface area contributed by atoms with E-state index in [2.05, 4.69) is 215 Å². The predicted molar refractivity (Wildman–Crippen MR) is 252 cm³/mol. The molecule has 9 aromatic carbocycles. The normalized spacial score (nSPS) is 14.3. The Labute approximate surface area is 351 Å². The molecule has 2 nitrogen and oxygen atoms in total. The van der Waals surface area contributed by atoms with Gasteiger partial charge in [0.15, 0.2) is 0 Å². The Hall–Kier alpha value is -7.16. The molecule has 0 saturated carbocycles. The van der Waals surface area contributed by atoms with Crippen molar-refractivity contribution in [2.45, 2.75) is 38.5 Å². The first kappa shape index (κ1) is 34.8. The molecule has 0 amide bonds. The number of para-hydroxylation sites is 2. The Morgan fingerprint density at radius 3 is 1.75 bits per heavy atom. The average Bonchev–Trinajstić information content (AvgIpc) is 3.87. The second-order valence-electron chi connectivity index (χ2n) is 17.6. The third-order valence-corrected chi connectivity index (χ3v) is 13.6. The van der Waals surface area contributed by atoms with Crippen LogP contribution in [0.2, 0.25) is 0 Å². The van der Waals surface area contributed by atoms with Gasteiger partial charge in [-0.15, -0.1) is 0 Å². The van der Waals surface area contributed by atoms with Gasteiger partial charge in [-0.1, -0.05) is 185 Å². The lowest BCUT2D eigenvalue weighted by Gasteiger charge is -2.34. The molecule has 12 rings (SSSR count). The van der Waals surface area contributed by atoms with Crippen molar-refractivity contribution in [1.82, 2.24) is 0 Å². The molecule has 0 fully saturated rings. The zero-order chi connectivity index (χ0) is 40.3. The van der Waals surface area contributed by atoms with Gasteiger partial charge in [-0.3, -0.25) is 0 Å². The SMILES string of the molecule is CC1(C)c2ccccc2-c2ccc(N(c3ccc(-c4cccc5c4oc4ccccc45)cc3)c3c4c(c5ccccc5c3-c3ccccc3)C(C)(C)c3ccccc3-4)cc21. The van der Waals surface area contributed by atoms with Crippen LogP contribution in [0.3, 0.4) is 0 Å². The summed E-state index contributed by atoms with van der Waals surface area (Å²) in [6, 6.07) is 69.3. The molecule has 0 atom stereocenters. The van der Waals surface area contributed by atoms with Crippen LogP contribution in [0.5, 0.6) is 0 Å². The van der Waals surface area contributed by atoms with Gasteiger partial charge in [-0.2, -0.15) is 0 Å². The molecule has 0 spiro atoms. The van der Waals surface area contributed by atoms with E-state index in [4.69, 9.17) is 4.42 Å². The molecular formula is C58H43NO. The number of benzene rings is 9. The highest BCUT2D eigenvalue weighted by Gasteiger charge is 2.42. The van der Waals surface area contributed by atoms with Crippen LogP contribution in [0.15, 0.2) is 192 Å². The van der Waals surface area contributed by atoms with Gasteiger partial charge in [-0.25, -0.2) is 0 Å². The van der Waals surface area contributed by atoms with Crippen molar-refractivity contribution in [2.75, 3.05) is 4.90 Å². The summed E-state index contributed by atoms with van der Waals surface area (Å²) < 4.78 is 6.54. The molecule has 0 saturated heterocycles. The first-order valence-corrected chi connectivity index (χ1v) is 21.1. The molecule has 1 aromatic heterocycles. The third kappa shape index (κ3) is 4.82. The molecule has 1 heterocycles. The number of nitrogens with zero attached hydrogens (tertiary/aromatic N) is 1. The molecule has 0 N–H and O–H groups in total. The standard InChI is InChI=1S/C58H43NO/c1-57(2)48-26-13-10-19-41(48)42-34-33-39(35-50(42)57)59(38-31-29-36(30-32-38)40-24-16-25-46-43-20-12-15-28-51(43)60-56(40)46)55-52(37-17-6-5-7-18-37)44-21-8-9-22-45(44)54-53(55)47-23-11-14-27-49(47)58(54,3)4/h5-35H,1-4H3. The zero-order valence-corrected chi connectivity index (χ0v) is 34.3. The molecule has 0 aliphatic heterocycles. The lowest BCUT2D eigenvalue weighted by atomic mass is 9.78. The van der Waals surface area contributed by atoms with Gasteiger partial charge in [0, 0.05) is 49.7 Å². The van der Waals surface area contributed by atoms with E-state index in [1.54, 1.807) is 0 Å². The van der Waals surface area contributed by atoms with Crippen LogP contribution in [0.4, 0.5) is 17.1 Å². The van der Waals surface area contributed by atoms with E-state index in [0.29, 0.717) is 0 Å². The molecule has 0 unspecified atom stereocenters. The Morgan fingerprint density at radius 2 is 0.967 bits per heavy atom. The number of rotatable bonds is 5. The topological polar surface area (TPSA) is 16.4 Å². The van der Waals surface area contributed by atoms with Crippen LogP contribution in [0.25, 0.3) is 77.2 Å². The van der Waals surface area contributed by atoms with Crippen molar-refractivity contribution >= 4 is 49.8 Å². The van der Waals surface area contributed by atoms with E-state index in [1.807, 2.05) is 6.07 Å². The Bertz CT molecular complexity index is 3370. The summed E-state index contributed by atoms with van der Waals surface area (Å²) in [6.07, 6.45) is 0. The molecule has 2 heteroatoms. The van der Waals surface area contributed by atoms with Crippen molar-refractivity contribution in [1.29, 1.82) is 0 Å². The first-order valence-electron chi connectivity index (χ1n) is 21.1. The zero-order valence-electron chi connectivity index (χ0n) is 34.3. The highest BCUT2D eigenvalue weighted by Crippen LogP contribution is 2.61. The maximum absolute atomic E-state index is 6.54. The van der Waals surface area contributed by atoms with E-state index in [1.165, 1.54) is 72.1 Å². The molecule has 60 heavy (non-hydrogen) atoms. The maximum Gasteiger partial charge on any atom is 0.143 e. The second kappa shape index (κ2) is 12.7. The minimum atomic E-state index is -0.224. The fourth-order valence-corrected chi connectivity index (χ4v) is 10.8. The lowest BCUT2D eigenvalue weighted by Crippen LogP contribution is -2.19. The highest BCUT2D eigenvalue weighted by atomic mass is 16.3. The summed E-state index contributed by atoms with van der Waals surface area (Å²) in [4.78, 5) is 2.57. The Balaban J connectivity index is 1.17. The average molecular weight is 770 g/mol. The molecule has 10 aromatic rings. The number of furan rings is 1. The molecular weight excluding hydrogens is 727 g/mol. The van der Waals surface area contributed by atoms with E-state index in [0.717, 1.165) is 44.4 Å². The first-order chi connectivity index (χ1) is 29.3. The van der Waals surface area contributed by atoms with Crippen LogP contribution in [-0.4, -0.2) is 0 Å². The van der Waals surface area contributed by atoms with Crippen LogP contribution in [-0.2, 0) is 10.8 Å². The van der Waals surface area contributed by atoms with E-state index < -0.39 is 0 Å². The molecule has 2 aliphatic carbocycles. The summed E-state index contributed by atoms with van der Waals surface area (Å²) in [5, 5.41) is 4.83. The van der Waals surface area contributed by atoms with Crippen LogP contribution in [0.1, 0.15) is 49.9 Å². The minimum Gasteiger partial charge on any atom is -0.455 e. The van der Waals surface area contributed by atoms with Crippen molar-refractivity contribution in [3.05, 3.63) is 210 Å². The van der Waals surface area contributed by atoms with Gasteiger partial charge in [0.25, 0.3) is 0 Å². The van der Waals surface area contributed by atoms with Crippen LogP contribution in [0, 0.1) is 0 Å². The van der Waals surface area contributed by atoms with Crippen molar-refractivity contribution in [2.24, 2.45) is 0 Å². The monoisotopic (exact) mass is 769 g/mol. The summed E-state index contributed by atoms with van der Waals surface area (Å²) in [7, 11) is 0. The highest BCUT2D eigenvalue weighted by molar-refractivity contribution is 6.16. The Morgan fingerprint density at radius 1 is 0.383 bits per heavy atom. The van der Waals surface area contributed by atoms with Crippen LogP contribution >= 0.6 is 0 Å². The fourth-order valence-electron chi connectivity index (χ4n) is 10.8. The van der Waals surface area contributed by atoms with Gasteiger partial charge in [0.05, 0.1) is 5.69 Å². The minimum absolute atomic E-state index is 0.162. The number of hydrogen-bond acceptors (Lipinski definition) is 2. The number of fused-ring (bicyclic) bond motifs is 11. The number of hydrogen-bond donors (Lipinski definition) is 0. The summed E-state index contributed by atoms with van der Waals surface area (Å²) in [5.74, 6) is 0. The van der Waals surface area contributed by atoms with Gasteiger partial charge < -0.3 is 9.32 Å². The second-order valence-corrected chi connectivity index (χ2v) is 17.6. The summed E-state index contributed by atoms with van der Waals surface area (Å²) in [5.41, 5.74) is 20.2. The van der Waals surface area contributed by atoms with Gasteiger partial charge in [0.1, 0.15) is 11.2 Å².